The van der Waals surface area contributed by atoms with Gasteiger partial charge in [0.2, 0.25) is 0 Å². The lowest BCUT2D eigenvalue weighted by Crippen LogP contribution is -2.14. The summed E-state index contributed by atoms with van der Waals surface area (Å²) in [6.07, 6.45) is 2.91. The molecule has 2 rings (SSSR count). The Morgan fingerprint density at radius 2 is 2.05 bits per heavy atom. The number of nitro groups is 1. The molecule has 0 aliphatic rings. The number of hydrogen-bond acceptors (Lipinski definition) is 5. The Morgan fingerprint density at radius 1 is 1.38 bits per heavy atom. The van der Waals surface area contributed by atoms with Crippen molar-refractivity contribution in [3.8, 4) is 0 Å². The zero-order chi connectivity index (χ0) is 15.4. The van der Waals surface area contributed by atoms with Gasteiger partial charge in [-0.1, -0.05) is 11.6 Å². The third-order valence-electron chi connectivity index (χ3n) is 2.64. The molecule has 0 atom stereocenters. The quantitative estimate of drug-likeness (QED) is 0.402. The van der Waals surface area contributed by atoms with Gasteiger partial charge in [-0.05, 0) is 36.6 Å². The smallest absolute Gasteiger partial charge is 0.300 e. The predicted molar refractivity (Wildman–Crippen MR) is 82.1 cm³/mol. The maximum Gasteiger partial charge on any atom is 0.300 e. The lowest BCUT2D eigenvalue weighted by Gasteiger charge is -2.06. The molecule has 0 unspecified atom stereocenters. The van der Waals surface area contributed by atoms with Crippen molar-refractivity contribution in [1.82, 2.24) is 4.98 Å². The Morgan fingerprint density at radius 3 is 2.62 bits per heavy atom. The van der Waals surface area contributed by atoms with E-state index in [2.05, 4.69) is 10.3 Å². The van der Waals surface area contributed by atoms with E-state index >= 15 is 0 Å². The lowest BCUT2D eigenvalue weighted by molar-refractivity contribution is -0.385. The molecule has 1 N–H and O–H groups in total. The molecule has 1 aromatic carbocycles. The van der Waals surface area contributed by atoms with Crippen LogP contribution in [0.25, 0.3) is 0 Å². The molecule has 0 saturated heterocycles. The second-order valence-corrected chi connectivity index (χ2v) is 5.23. The highest BCUT2D eigenvalue weighted by molar-refractivity contribution is 7.98. The zero-order valence-corrected chi connectivity index (χ0v) is 12.4. The number of amides is 1. The van der Waals surface area contributed by atoms with Crippen LogP contribution in [-0.2, 0) is 0 Å². The Labute approximate surface area is 129 Å². The number of halogens is 1. The minimum Gasteiger partial charge on any atom is -0.322 e. The molecule has 0 bridgehead atoms. The molecule has 1 heterocycles. The normalized spacial score (nSPS) is 10.2. The summed E-state index contributed by atoms with van der Waals surface area (Å²) in [5.74, 6) is -0.608. The number of carbonyl (C=O) groups is 1. The van der Waals surface area contributed by atoms with Gasteiger partial charge in [-0.3, -0.25) is 14.9 Å². The van der Waals surface area contributed by atoms with Crippen molar-refractivity contribution in [1.29, 1.82) is 0 Å². The first-order valence-corrected chi connectivity index (χ1v) is 7.37. The first-order chi connectivity index (χ1) is 10.0. The summed E-state index contributed by atoms with van der Waals surface area (Å²) in [5, 5.41) is 13.5. The Hall–Kier alpha value is -2.12. The minimum absolute atomic E-state index is 0.0171. The highest BCUT2D eigenvalue weighted by Gasteiger charge is 2.21. The van der Waals surface area contributed by atoms with Crippen molar-refractivity contribution in [2.24, 2.45) is 0 Å². The van der Waals surface area contributed by atoms with E-state index in [-0.39, 0.29) is 10.7 Å². The number of thioether (sulfide) groups is 1. The van der Waals surface area contributed by atoms with Gasteiger partial charge in [0.25, 0.3) is 11.6 Å². The van der Waals surface area contributed by atoms with E-state index in [9.17, 15) is 14.9 Å². The number of nitrogens with one attached hydrogen (secondary N) is 1. The third-order valence-corrected chi connectivity index (χ3v) is 3.59. The minimum atomic E-state index is -0.672. The number of benzene rings is 1. The summed E-state index contributed by atoms with van der Waals surface area (Å²) in [7, 11) is 0. The van der Waals surface area contributed by atoms with Crippen LogP contribution in [0.4, 0.5) is 11.4 Å². The van der Waals surface area contributed by atoms with E-state index in [1.165, 1.54) is 6.07 Å². The van der Waals surface area contributed by atoms with Gasteiger partial charge in [-0.15, -0.1) is 11.8 Å². The number of anilines is 1. The highest BCUT2D eigenvalue weighted by Crippen LogP contribution is 2.22. The maximum absolute atomic E-state index is 12.1. The molecule has 21 heavy (non-hydrogen) atoms. The number of rotatable bonds is 4. The highest BCUT2D eigenvalue weighted by atomic mass is 35.5. The van der Waals surface area contributed by atoms with Gasteiger partial charge in [0.15, 0.2) is 0 Å². The van der Waals surface area contributed by atoms with Crippen molar-refractivity contribution >= 4 is 40.6 Å². The van der Waals surface area contributed by atoms with Crippen LogP contribution < -0.4 is 5.32 Å². The van der Waals surface area contributed by atoms with Gasteiger partial charge in [0.1, 0.15) is 16.9 Å². The largest absolute Gasteiger partial charge is 0.322 e. The van der Waals surface area contributed by atoms with Crippen molar-refractivity contribution in [3.63, 3.8) is 0 Å². The van der Waals surface area contributed by atoms with Gasteiger partial charge in [-0.2, -0.15) is 0 Å². The molecular formula is C13H10ClN3O3S. The Balaban J connectivity index is 2.27. The van der Waals surface area contributed by atoms with Crippen LogP contribution >= 0.6 is 23.4 Å². The average Bonchev–Trinajstić information content (AvgIpc) is 2.47. The number of carbonyl (C=O) groups excluding carboxylic acids is 1. The molecule has 108 valence electrons. The molecule has 0 aliphatic heterocycles. The number of nitrogens with zero attached hydrogens (tertiary/aromatic N) is 2. The van der Waals surface area contributed by atoms with Gasteiger partial charge >= 0.3 is 0 Å². The van der Waals surface area contributed by atoms with E-state index in [0.717, 1.165) is 11.1 Å². The standard InChI is InChI=1S/C13H10ClN3O3S/c1-21-9-4-2-8(3-5-9)16-13(18)10-6-12(14)15-7-11(10)17(19)20/h2-7H,1H3,(H,16,18). The monoisotopic (exact) mass is 323 g/mol. The molecule has 1 amide bonds. The number of pyridine rings is 1. The fraction of sp³-hybridized carbons (Fsp3) is 0.0769. The number of aromatic nitrogens is 1. The van der Waals surface area contributed by atoms with Crippen LogP contribution in [0.15, 0.2) is 41.4 Å². The number of hydrogen-bond donors (Lipinski definition) is 1. The van der Waals surface area contributed by atoms with Crippen LogP contribution in [-0.4, -0.2) is 22.1 Å². The first-order valence-electron chi connectivity index (χ1n) is 5.76. The maximum atomic E-state index is 12.1. The predicted octanol–water partition coefficient (Wildman–Crippen LogP) is 3.62. The summed E-state index contributed by atoms with van der Waals surface area (Å²) < 4.78 is 0. The molecule has 1 aromatic heterocycles. The summed E-state index contributed by atoms with van der Waals surface area (Å²) >= 11 is 7.27. The molecule has 6 nitrogen and oxygen atoms in total. The van der Waals surface area contributed by atoms with E-state index in [1.54, 1.807) is 23.9 Å². The zero-order valence-electron chi connectivity index (χ0n) is 10.9. The fourth-order valence-electron chi connectivity index (χ4n) is 1.62. The van der Waals surface area contributed by atoms with Crippen molar-refractivity contribution in [2.75, 3.05) is 11.6 Å². The Kier molecular flexibility index (Phi) is 4.77. The van der Waals surface area contributed by atoms with Crippen LogP contribution in [0, 0.1) is 10.1 Å². The SMILES string of the molecule is CSc1ccc(NC(=O)c2cc(Cl)ncc2[N+](=O)[O-])cc1. The van der Waals surface area contributed by atoms with Crippen LogP contribution in [0.5, 0.6) is 0 Å². The fourth-order valence-corrected chi connectivity index (χ4v) is 2.19. The summed E-state index contributed by atoms with van der Waals surface area (Å²) in [6.45, 7) is 0. The van der Waals surface area contributed by atoms with Crippen molar-refractivity contribution in [3.05, 3.63) is 57.4 Å². The van der Waals surface area contributed by atoms with Gasteiger partial charge in [-0.25, -0.2) is 4.98 Å². The third kappa shape index (κ3) is 3.71. The van der Waals surface area contributed by atoms with Crippen LogP contribution in [0.1, 0.15) is 10.4 Å². The molecule has 2 aromatic rings. The molecule has 0 saturated carbocycles. The van der Waals surface area contributed by atoms with Gasteiger partial charge < -0.3 is 5.32 Å². The van der Waals surface area contributed by atoms with E-state index < -0.39 is 16.5 Å². The summed E-state index contributed by atoms with van der Waals surface area (Å²) in [5.41, 5.74) is 0.0200. The second-order valence-electron chi connectivity index (χ2n) is 3.96. The molecule has 0 radical (unpaired) electrons. The molecular weight excluding hydrogens is 314 g/mol. The topological polar surface area (TPSA) is 85.1 Å². The molecule has 0 aliphatic carbocycles. The first kappa shape index (κ1) is 15.3. The molecule has 0 spiro atoms. The van der Waals surface area contributed by atoms with Crippen LogP contribution in [0.3, 0.4) is 0 Å². The summed E-state index contributed by atoms with van der Waals surface area (Å²) in [6, 6.07) is 8.30. The van der Waals surface area contributed by atoms with Gasteiger partial charge in [0, 0.05) is 10.6 Å². The van der Waals surface area contributed by atoms with Crippen molar-refractivity contribution < 1.29 is 9.72 Å². The van der Waals surface area contributed by atoms with E-state index in [4.69, 9.17) is 11.6 Å². The van der Waals surface area contributed by atoms with Crippen molar-refractivity contribution in [2.45, 2.75) is 4.90 Å². The van der Waals surface area contributed by atoms with E-state index in [0.29, 0.717) is 5.69 Å². The molecule has 0 fully saturated rings. The average molecular weight is 324 g/mol. The molecule has 8 heteroatoms. The summed E-state index contributed by atoms with van der Waals surface area (Å²) in [4.78, 5) is 27.0. The van der Waals surface area contributed by atoms with Gasteiger partial charge in [0.05, 0.1) is 4.92 Å². The lowest BCUT2D eigenvalue weighted by atomic mass is 10.2. The second kappa shape index (κ2) is 6.55. The Bertz CT molecular complexity index is 692. The van der Waals surface area contributed by atoms with Crippen LogP contribution in [0.2, 0.25) is 5.15 Å². The van der Waals surface area contributed by atoms with E-state index in [1.807, 2.05) is 18.4 Å².